The van der Waals surface area contributed by atoms with Crippen LogP contribution in [0.3, 0.4) is 0 Å². The van der Waals surface area contributed by atoms with Gasteiger partial charge in [0.25, 0.3) is 0 Å². The van der Waals surface area contributed by atoms with Gasteiger partial charge in [0.1, 0.15) is 0 Å². The molecule has 0 aromatic heterocycles. The lowest BCUT2D eigenvalue weighted by Crippen LogP contribution is -2.07. The fraction of sp³-hybridized carbons (Fsp3) is 0.0714. The number of benzene rings is 2. The van der Waals surface area contributed by atoms with Crippen molar-refractivity contribution in [3.63, 3.8) is 0 Å². The van der Waals surface area contributed by atoms with Crippen molar-refractivity contribution >= 4 is 43.3 Å². The zero-order chi connectivity index (χ0) is 15.6. The summed E-state index contributed by atoms with van der Waals surface area (Å²) in [6.45, 7) is 0. The summed E-state index contributed by atoms with van der Waals surface area (Å²) in [5.41, 5.74) is 0.370. The Morgan fingerprint density at radius 3 is 2.48 bits per heavy atom. The van der Waals surface area contributed by atoms with E-state index < -0.39 is 15.8 Å². The van der Waals surface area contributed by atoms with Crippen LogP contribution in [0.1, 0.15) is 15.9 Å². The van der Waals surface area contributed by atoms with Crippen molar-refractivity contribution < 1.29 is 18.3 Å². The lowest BCUT2D eigenvalue weighted by atomic mass is 10.2. The number of carboxylic acid groups (broad SMARTS) is 1. The van der Waals surface area contributed by atoms with E-state index in [0.29, 0.717) is 10.0 Å². The molecular weight excluding hydrogens is 380 g/mol. The lowest BCUT2D eigenvalue weighted by molar-refractivity contribution is 0.0697. The third-order valence-corrected chi connectivity index (χ3v) is 5.60. The molecule has 0 spiro atoms. The molecular formula is C14H10BrClO4S. The van der Waals surface area contributed by atoms with Crippen molar-refractivity contribution in [1.29, 1.82) is 0 Å². The van der Waals surface area contributed by atoms with Crippen molar-refractivity contribution in [2.75, 3.05) is 0 Å². The molecule has 0 unspecified atom stereocenters. The largest absolute Gasteiger partial charge is 0.478 e. The van der Waals surface area contributed by atoms with Crippen molar-refractivity contribution in [3.8, 4) is 0 Å². The van der Waals surface area contributed by atoms with E-state index >= 15 is 0 Å². The molecule has 0 fully saturated rings. The normalized spacial score (nSPS) is 11.3. The van der Waals surface area contributed by atoms with Gasteiger partial charge in [-0.2, -0.15) is 0 Å². The molecule has 0 heterocycles. The summed E-state index contributed by atoms with van der Waals surface area (Å²) in [7, 11) is -3.66. The molecule has 4 nitrogen and oxygen atoms in total. The third kappa shape index (κ3) is 3.64. The van der Waals surface area contributed by atoms with Crippen LogP contribution in [0.2, 0.25) is 5.02 Å². The molecule has 0 aliphatic heterocycles. The Morgan fingerprint density at radius 1 is 1.19 bits per heavy atom. The van der Waals surface area contributed by atoms with Crippen molar-refractivity contribution in [1.82, 2.24) is 0 Å². The highest BCUT2D eigenvalue weighted by Gasteiger charge is 2.20. The smallest absolute Gasteiger partial charge is 0.337 e. The molecule has 2 rings (SSSR count). The molecule has 21 heavy (non-hydrogen) atoms. The Labute approximate surface area is 135 Å². The molecule has 110 valence electrons. The summed E-state index contributed by atoms with van der Waals surface area (Å²) in [4.78, 5) is 11.0. The van der Waals surface area contributed by atoms with Crippen LogP contribution in [0.15, 0.2) is 51.8 Å². The second kappa shape index (κ2) is 6.17. The minimum Gasteiger partial charge on any atom is -0.478 e. The van der Waals surface area contributed by atoms with E-state index in [1.54, 1.807) is 24.3 Å². The SMILES string of the molecule is O=C(O)c1cc(S(=O)(=O)Cc2ccccc2Br)ccc1Cl. The Kier molecular flexibility index (Phi) is 4.70. The minimum atomic E-state index is -3.66. The van der Waals surface area contributed by atoms with Crippen LogP contribution >= 0.6 is 27.5 Å². The Morgan fingerprint density at radius 2 is 1.86 bits per heavy atom. The molecule has 0 atom stereocenters. The molecule has 0 radical (unpaired) electrons. The maximum Gasteiger partial charge on any atom is 0.337 e. The average molecular weight is 390 g/mol. The highest BCUT2D eigenvalue weighted by Crippen LogP contribution is 2.25. The summed E-state index contributed by atoms with van der Waals surface area (Å²) in [6.07, 6.45) is 0. The molecule has 7 heteroatoms. The van der Waals surface area contributed by atoms with E-state index in [1.165, 1.54) is 12.1 Å². The Balaban J connectivity index is 2.43. The van der Waals surface area contributed by atoms with Crippen LogP contribution in [-0.2, 0) is 15.6 Å². The summed E-state index contributed by atoms with van der Waals surface area (Å²) < 4.78 is 25.4. The topological polar surface area (TPSA) is 71.4 Å². The highest BCUT2D eigenvalue weighted by molar-refractivity contribution is 9.10. The van der Waals surface area contributed by atoms with Gasteiger partial charge in [0.2, 0.25) is 0 Å². The first-order valence-electron chi connectivity index (χ1n) is 5.80. The van der Waals surface area contributed by atoms with Crippen LogP contribution in [-0.4, -0.2) is 19.5 Å². The second-order valence-corrected chi connectivity index (χ2v) is 7.55. The van der Waals surface area contributed by atoms with Gasteiger partial charge in [-0.1, -0.05) is 45.7 Å². The number of carbonyl (C=O) groups is 1. The Hall–Kier alpha value is -1.37. The number of hydrogen-bond acceptors (Lipinski definition) is 3. The molecule has 0 aliphatic carbocycles. The van der Waals surface area contributed by atoms with Crippen LogP contribution in [0.5, 0.6) is 0 Å². The standard InChI is InChI=1S/C14H10BrClO4S/c15-12-4-2-1-3-9(12)8-21(19,20)10-5-6-13(16)11(7-10)14(17)18/h1-7H,8H2,(H,17,18). The molecule has 0 amide bonds. The van der Waals surface area contributed by atoms with Gasteiger partial charge in [-0.3, -0.25) is 0 Å². The fourth-order valence-corrected chi connectivity index (χ4v) is 3.97. The summed E-state index contributed by atoms with van der Waals surface area (Å²) in [5.74, 6) is -1.49. The zero-order valence-electron chi connectivity index (χ0n) is 10.6. The first-order chi connectivity index (χ1) is 9.81. The van der Waals surface area contributed by atoms with E-state index in [-0.39, 0.29) is 21.2 Å². The molecule has 0 saturated heterocycles. The van der Waals surface area contributed by atoms with Gasteiger partial charge in [-0.05, 0) is 29.8 Å². The molecule has 1 N–H and O–H groups in total. The average Bonchev–Trinajstić information content (AvgIpc) is 2.41. The molecule has 0 aliphatic rings. The van der Waals surface area contributed by atoms with Gasteiger partial charge >= 0.3 is 5.97 Å². The second-order valence-electron chi connectivity index (χ2n) is 4.30. The molecule has 0 saturated carbocycles. The van der Waals surface area contributed by atoms with Gasteiger partial charge < -0.3 is 5.11 Å². The van der Waals surface area contributed by atoms with E-state index in [9.17, 15) is 13.2 Å². The first kappa shape index (κ1) is 16.0. The zero-order valence-corrected chi connectivity index (χ0v) is 13.7. The fourth-order valence-electron chi connectivity index (χ4n) is 1.77. The van der Waals surface area contributed by atoms with Gasteiger partial charge in [0, 0.05) is 4.47 Å². The van der Waals surface area contributed by atoms with E-state index in [4.69, 9.17) is 16.7 Å². The van der Waals surface area contributed by atoms with Crippen molar-refractivity contribution in [2.24, 2.45) is 0 Å². The number of halogens is 2. The third-order valence-electron chi connectivity index (χ3n) is 2.83. The first-order valence-corrected chi connectivity index (χ1v) is 8.62. The predicted molar refractivity (Wildman–Crippen MR) is 83.4 cm³/mol. The monoisotopic (exact) mass is 388 g/mol. The number of hydrogen-bond donors (Lipinski definition) is 1. The summed E-state index contributed by atoms with van der Waals surface area (Å²) in [6, 6.07) is 10.6. The summed E-state index contributed by atoms with van der Waals surface area (Å²) >= 11 is 9.03. The van der Waals surface area contributed by atoms with Crippen LogP contribution in [0.25, 0.3) is 0 Å². The number of rotatable bonds is 4. The quantitative estimate of drug-likeness (QED) is 0.864. The predicted octanol–water partition coefficient (Wildman–Crippen LogP) is 3.77. The number of carboxylic acids is 1. The molecule has 2 aromatic carbocycles. The maximum absolute atomic E-state index is 12.4. The summed E-state index contributed by atoms with van der Waals surface area (Å²) in [5, 5.41) is 9.01. The van der Waals surface area contributed by atoms with Gasteiger partial charge in [-0.15, -0.1) is 0 Å². The van der Waals surface area contributed by atoms with Gasteiger partial charge in [0.05, 0.1) is 21.2 Å². The Bertz CT molecular complexity index is 802. The van der Waals surface area contributed by atoms with Crippen molar-refractivity contribution in [3.05, 3.63) is 63.1 Å². The minimum absolute atomic E-state index is 0.00217. The van der Waals surface area contributed by atoms with Crippen LogP contribution < -0.4 is 0 Å². The highest BCUT2D eigenvalue weighted by atomic mass is 79.9. The van der Waals surface area contributed by atoms with E-state index in [1.807, 2.05) is 0 Å². The molecule has 2 aromatic rings. The van der Waals surface area contributed by atoms with Crippen LogP contribution in [0, 0.1) is 0 Å². The number of aromatic carboxylic acids is 1. The van der Waals surface area contributed by atoms with E-state index in [0.717, 1.165) is 6.07 Å². The van der Waals surface area contributed by atoms with Gasteiger partial charge in [0.15, 0.2) is 9.84 Å². The van der Waals surface area contributed by atoms with Crippen LogP contribution in [0.4, 0.5) is 0 Å². The van der Waals surface area contributed by atoms with Crippen molar-refractivity contribution in [2.45, 2.75) is 10.6 Å². The van der Waals surface area contributed by atoms with Gasteiger partial charge in [-0.25, -0.2) is 13.2 Å². The maximum atomic E-state index is 12.4. The lowest BCUT2D eigenvalue weighted by Gasteiger charge is -2.08. The molecule has 0 bridgehead atoms. The number of sulfone groups is 1. The van der Waals surface area contributed by atoms with E-state index in [2.05, 4.69) is 15.9 Å².